The van der Waals surface area contributed by atoms with Crippen LogP contribution in [-0.4, -0.2) is 21.1 Å². The lowest BCUT2D eigenvalue weighted by Gasteiger charge is -2.10. The molecule has 0 saturated heterocycles. The maximum absolute atomic E-state index is 11.0. The van der Waals surface area contributed by atoms with Crippen LogP contribution < -0.4 is 5.73 Å². The minimum atomic E-state index is -0.343. The van der Waals surface area contributed by atoms with Crippen LogP contribution in [0.25, 0.3) is 0 Å². The van der Waals surface area contributed by atoms with Crippen LogP contribution in [0.2, 0.25) is 0 Å². The van der Waals surface area contributed by atoms with Crippen molar-refractivity contribution in [1.82, 2.24) is 15.2 Å². The van der Waals surface area contributed by atoms with Gasteiger partial charge in [0.25, 0.3) is 0 Å². The molecule has 2 aromatic heterocycles. The Morgan fingerprint density at radius 1 is 1.38 bits per heavy atom. The van der Waals surface area contributed by atoms with Gasteiger partial charge in [-0.2, -0.15) is 0 Å². The molecule has 0 saturated carbocycles. The van der Waals surface area contributed by atoms with Crippen molar-refractivity contribution in [3.63, 3.8) is 0 Å². The number of aryl methyl sites for hydroxylation is 1. The fraction of sp³-hybridized carbons (Fsp3) is 0.538. The van der Waals surface area contributed by atoms with E-state index in [1.165, 1.54) is 23.1 Å². The van der Waals surface area contributed by atoms with Crippen LogP contribution in [0, 0.1) is 6.92 Å². The van der Waals surface area contributed by atoms with E-state index >= 15 is 0 Å². The largest absolute Gasteiger partial charge is 0.424 e. The molecule has 0 radical (unpaired) electrons. The van der Waals surface area contributed by atoms with Gasteiger partial charge in [0.05, 0.1) is 17.9 Å². The predicted octanol–water partition coefficient (Wildman–Crippen LogP) is 2.45. The molecule has 2 heterocycles. The molecule has 2 N–H and O–H groups in total. The zero-order valence-corrected chi connectivity index (χ0v) is 14.1. The average Bonchev–Trinajstić information content (AvgIpc) is 2.93. The second-order valence-electron chi connectivity index (χ2n) is 5.67. The number of carbonyl (C=O) groups excluding carboxylic acids is 1. The van der Waals surface area contributed by atoms with Crippen LogP contribution in [0.1, 0.15) is 43.1 Å². The van der Waals surface area contributed by atoms with Crippen LogP contribution in [0.15, 0.2) is 8.76 Å². The lowest BCUT2D eigenvalue weighted by atomic mass is 9.97. The Hall–Kier alpha value is -1.41. The van der Waals surface area contributed by atoms with Crippen molar-refractivity contribution in [3.8, 4) is 0 Å². The molecule has 0 fully saturated rings. The fourth-order valence-electron chi connectivity index (χ4n) is 1.52. The van der Waals surface area contributed by atoms with Crippen molar-refractivity contribution < 1.29 is 9.21 Å². The van der Waals surface area contributed by atoms with Gasteiger partial charge in [0.15, 0.2) is 4.34 Å². The van der Waals surface area contributed by atoms with Crippen molar-refractivity contribution in [1.29, 1.82) is 0 Å². The van der Waals surface area contributed by atoms with Gasteiger partial charge in [0.1, 0.15) is 0 Å². The van der Waals surface area contributed by atoms with Crippen LogP contribution in [-0.2, 0) is 22.4 Å². The molecule has 0 unspecified atom stereocenters. The quantitative estimate of drug-likeness (QED) is 0.848. The van der Waals surface area contributed by atoms with E-state index in [2.05, 4.69) is 15.2 Å². The maximum Gasteiger partial charge on any atom is 0.226 e. The van der Waals surface area contributed by atoms with Crippen molar-refractivity contribution in [3.05, 3.63) is 22.4 Å². The van der Waals surface area contributed by atoms with Crippen LogP contribution >= 0.6 is 23.1 Å². The highest BCUT2D eigenvalue weighted by molar-refractivity contribution is 8.00. The van der Waals surface area contributed by atoms with E-state index in [4.69, 9.17) is 10.2 Å². The summed E-state index contributed by atoms with van der Waals surface area (Å²) in [5, 5.41) is 8.09. The molecule has 2 rings (SSSR count). The molecule has 2 aromatic rings. The molecule has 6 nitrogen and oxygen atoms in total. The normalized spacial score (nSPS) is 11.8. The topological polar surface area (TPSA) is 94.9 Å². The van der Waals surface area contributed by atoms with Gasteiger partial charge in [-0.1, -0.05) is 32.5 Å². The van der Waals surface area contributed by atoms with E-state index in [1.807, 2.05) is 27.7 Å². The van der Waals surface area contributed by atoms with E-state index in [9.17, 15) is 4.79 Å². The summed E-state index contributed by atoms with van der Waals surface area (Å²) in [6, 6.07) is 0. The highest BCUT2D eigenvalue weighted by Crippen LogP contribution is 2.30. The molecular weight excluding hydrogens is 308 g/mol. The summed E-state index contributed by atoms with van der Waals surface area (Å²) in [7, 11) is 0. The summed E-state index contributed by atoms with van der Waals surface area (Å²) in [4.78, 5) is 16.3. The van der Waals surface area contributed by atoms with Gasteiger partial charge in [0, 0.05) is 10.3 Å². The zero-order chi connectivity index (χ0) is 15.6. The van der Waals surface area contributed by atoms with Crippen molar-refractivity contribution in [2.75, 3.05) is 0 Å². The van der Waals surface area contributed by atoms with Gasteiger partial charge in [-0.25, -0.2) is 4.98 Å². The summed E-state index contributed by atoms with van der Waals surface area (Å²) >= 11 is 3.00. The smallest absolute Gasteiger partial charge is 0.226 e. The van der Waals surface area contributed by atoms with Gasteiger partial charge in [-0.3, -0.25) is 4.79 Å². The Kier molecular flexibility index (Phi) is 4.67. The first-order chi connectivity index (χ1) is 9.75. The fourth-order valence-corrected chi connectivity index (χ4v) is 3.60. The first-order valence-corrected chi connectivity index (χ1v) is 8.26. The maximum atomic E-state index is 11.0. The third-order valence-corrected chi connectivity index (χ3v) is 4.92. The molecule has 114 valence electrons. The predicted molar refractivity (Wildman–Crippen MR) is 82.3 cm³/mol. The zero-order valence-electron chi connectivity index (χ0n) is 12.5. The number of nitrogens with two attached hydrogens (primary N) is 1. The van der Waals surface area contributed by atoms with Gasteiger partial charge < -0.3 is 10.2 Å². The third kappa shape index (κ3) is 4.28. The standard InChI is InChI=1S/C13H18N4O2S2/c1-7-8(5-9(14)18)21-12(15-7)20-6-10-16-17-11(19-10)13(2,3)4/h5-6H2,1-4H3,(H2,14,18). The number of hydrogen-bond acceptors (Lipinski definition) is 7. The number of amides is 1. The summed E-state index contributed by atoms with van der Waals surface area (Å²) in [6.07, 6.45) is 0.235. The summed E-state index contributed by atoms with van der Waals surface area (Å²) < 4.78 is 6.51. The first-order valence-electron chi connectivity index (χ1n) is 6.46. The summed E-state index contributed by atoms with van der Waals surface area (Å²) in [6.45, 7) is 7.95. The molecule has 8 heteroatoms. The SMILES string of the molecule is Cc1nc(SCc2nnc(C(C)(C)C)o2)sc1CC(N)=O. The van der Waals surface area contributed by atoms with Crippen LogP contribution in [0.3, 0.4) is 0 Å². The molecule has 0 spiro atoms. The summed E-state index contributed by atoms with van der Waals surface area (Å²) in [5.74, 6) is 1.42. The Balaban J connectivity index is 2.00. The highest BCUT2D eigenvalue weighted by Gasteiger charge is 2.21. The lowest BCUT2D eigenvalue weighted by Crippen LogP contribution is -2.13. The summed E-state index contributed by atoms with van der Waals surface area (Å²) in [5.41, 5.74) is 5.91. The Labute approximate surface area is 131 Å². The molecule has 0 aliphatic rings. The third-order valence-electron chi connectivity index (χ3n) is 2.64. The number of hydrogen-bond donors (Lipinski definition) is 1. The van der Waals surface area contributed by atoms with Crippen molar-refractivity contribution in [2.24, 2.45) is 5.73 Å². The van der Waals surface area contributed by atoms with E-state index in [1.54, 1.807) is 0 Å². The number of aromatic nitrogens is 3. The van der Waals surface area contributed by atoms with Gasteiger partial charge in [-0.05, 0) is 6.92 Å². The lowest BCUT2D eigenvalue weighted by molar-refractivity contribution is -0.117. The molecule has 0 aliphatic heterocycles. The minimum absolute atomic E-state index is 0.150. The van der Waals surface area contributed by atoms with Gasteiger partial charge in [-0.15, -0.1) is 21.5 Å². The van der Waals surface area contributed by atoms with Crippen molar-refractivity contribution in [2.45, 2.75) is 49.6 Å². The second-order valence-corrected chi connectivity index (χ2v) is 7.98. The number of nitrogens with zero attached hydrogens (tertiary/aromatic N) is 3. The first kappa shape index (κ1) is 16.0. The molecule has 0 aliphatic carbocycles. The average molecular weight is 326 g/mol. The van der Waals surface area contributed by atoms with E-state index in [-0.39, 0.29) is 17.7 Å². The monoisotopic (exact) mass is 326 g/mol. The number of thiazole rings is 1. The van der Waals surface area contributed by atoms with Gasteiger partial charge >= 0.3 is 0 Å². The highest BCUT2D eigenvalue weighted by atomic mass is 32.2. The Bertz CT molecular complexity index is 643. The number of thioether (sulfide) groups is 1. The molecule has 1 amide bonds. The van der Waals surface area contributed by atoms with Crippen LogP contribution in [0.4, 0.5) is 0 Å². The number of carbonyl (C=O) groups is 1. The number of rotatable bonds is 5. The number of primary amides is 1. The van der Waals surface area contributed by atoms with E-state index in [0.717, 1.165) is 14.9 Å². The Morgan fingerprint density at radius 2 is 2.10 bits per heavy atom. The molecule has 0 bridgehead atoms. The molecule has 0 atom stereocenters. The van der Waals surface area contributed by atoms with E-state index < -0.39 is 0 Å². The van der Waals surface area contributed by atoms with E-state index in [0.29, 0.717) is 17.5 Å². The molecular formula is C13H18N4O2S2. The van der Waals surface area contributed by atoms with Crippen LogP contribution in [0.5, 0.6) is 0 Å². The molecule has 21 heavy (non-hydrogen) atoms. The van der Waals surface area contributed by atoms with Gasteiger partial charge in [0.2, 0.25) is 17.7 Å². The van der Waals surface area contributed by atoms with Crippen molar-refractivity contribution >= 4 is 29.0 Å². The molecule has 0 aromatic carbocycles. The Morgan fingerprint density at radius 3 is 2.67 bits per heavy atom. The minimum Gasteiger partial charge on any atom is -0.424 e. The second kappa shape index (κ2) is 6.15.